The highest BCUT2D eigenvalue weighted by molar-refractivity contribution is 7.89. The van der Waals surface area contributed by atoms with Gasteiger partial charge >= 0.3 is 5.63 Å². The standard InChI is InChI=1S/C14H16N2O4S/c15-9-11-2-1-7-16(11)21(18,19)12-4-5-13-10(8-12)3-6-14(17)20-13/h3-6,8,11H,1-2,7,9,15H2. The molecule has 1 aromatic heterocycles. The second-order valence-corrected chi connectivity index (χ2v) is 6.99. The van der Waals surface area contributed by atoms with Crippen molar-refractivity contribution in [2.75, 3.05) is 13.1 Å². The predicted octanol–water partition coefficient (Wildman–Crippen LogP) is 0.905. The molecule has 3 rings (SSSR count). The van der Waals surface area contributed by atoms with E-state index in [0.29, 0.717) is 24.1 Å². The van der Waals surface area contributed by atoms with Crippen LogP contribution in [-0.4, -0.2) is 31.9 Å². The average molecular weight is 308 g/mol. The summed E-state index contributed by atoms with van der Waals surface area (Å²) in [5.41, 5.74) is 5.57. The van der Waals surface area contributed by atoms with Gasteiger partial charge in [0.2, 0.25) is 10.0 Å². The minimum absolute atomic E-state index is 0.139. The maximum Gasteiger partial charge on any atom is 0.336 e. The molecule has 1 saturated heterocycles. The van der Waals surface area contributed by atoms with Crippen molar-refractivity contribution in [3.8, 4) is 0 Å². The van der Waals surface area contributed by atoms with E-state index >= 15 is 0 Å². The fourth-order valence-corrected chi connectivity index (χ4v) is 4.45. The number of benzene rings is 1. The van der Waals surface area contributed by atoms with Crippen molar-refractivity contribution in [3.63, 3.8) is 0 Å². The molecule has 1 aromatic carbocycles. The minimum atomic E-state index is -3.57. The normalized spacial score (nSPS) is 20.1. The van der Waals surface area contributed by atoms with Crippen LogP contribution < -0.4 is 11.4 Å². The van der Waals surface area contributed by atoms with Crippen LogP contribution in [0.3, 0.4) is 0 Å². The van der Waals surface area contributed by atoms with Gasteiger partial charge in [0.1, 0.15) is 5.58 Å². The van der Waals surface area contributed by atoms with Gasteiger partial charge in [-0.05, 0) is 37.1 Å². The zero-order valence-electron chi connectivity index (χ0n) is 11.4. The molecular weight excluding hydrogens is 292 g/mol. The van der Waals surface area contributed by atoms with E-state index in [0.717, 1.165) is 12.8 Å². The van der Waals surface area contributed by atoms with Gasteiger partial charge in [0.25, 0.3) is 0 Å². The summed E-state index contributed by atoms with van der Waals surface area (Å²) in [6.45, 7) is 0.813. The Hall–Kier alpha value is -1.70. The number of hydrogen-bond donors (Lipinski definition) is 1. The molecule has 0 spiro atoms. The molecule has 6 nitrogen and oxygen atoms in total. The van der Waals surface area contributed by atoms with Crippen LogP contribution >= 0.6 is 0 Å². The number of sulfonamides is 1. The summed E-state index contributed by atoms with van der Waals surface area (Å²) < 4.78 is 31.9. The van der Waals surface area contributed by atoms with E-state index in [4.69, 9.17) is 10.2 Å². The van der Waals surface area contributed by atoms with Gasteiger partial charge in [-0.1, -0.05) is 0 Å². The van der Waals surface area contributed by atoms with Crippen LogP contribution in [-0.2, 0) is 10.0 Å². The molecule has 1 atom stereocenters. The number of nitrogens with two attached hydrogens (primary N) is 1. The zero-order valence-corrected chi connectivity index (χ0v) is 12.2. The predicted molar refractivity (Wildman–Crippen MR) is 78.5 cm³/mol. The van der Waals surface area contributed by atoms with Gasteiger partial charge in [-0.15, -0.1) is 0 Å². The van der Waals surface area contributed by atoms with Crippen LogP contribution in [0.5, 0.6) is 0 Å². The van der Waals surface area contributed by atoms with Crippen LogP contribution in [0.2, 0.25) is 0 Å². The Morgan fingerprint density at radius 2 is 2.10 bits per heavy atom. The summed E-state index contributed by atoms with van der Waals surface area (Å²) in [5, 5.41) is 0.583. The lowest BCUT2D eigenvalue weighted by Crippen LogP contribution is -2.39. The van der Waals surface area contributed by atoms with Crippen molar-refractivity contribution in [3.05, 3.63) is 40.8 Å². The topological polar surface area (TPSA) is 93.6 Å². The minimum Gasteiger partial charge on any atom is -0.423 e. The summed E-state index contributed by atoms with van der Waals surface area (Å²) in [7, 11) is -3.57. The summed E-state index contributed by atoms with van der Waals surface area (Å²) in [4.78, 5) is 11.3. The molecule has 2 aromatic rings. The molecule has 0 aliphatic carbocycles. The fourth-order valence-electron chi connectivity index (χ4n) is 2.71. The first kappa shape index (κ1) is 14.2. The van der Waals surface area contributed by atoms with E-state index in [1.165, 1.54) is 28.6 Å². The van der Waals surface area contributed by atoms with Gasteiger partial charge in [-0.2, -0.15) is 4.31 Å². The molecule has 21 heavy (non-hydrogen) atoms. The van der Waals surface area contributed by atoms with Crippen LogP contribution in [0.25, 0.3) is 11.0 Å². The van der Waals surface area contributed by atoms with Crippen LogP contribution in [0.1, 0.15) is 12.8 Å². The monoisotopic (exact) mass is 308 g/mol. The Bertz CT molecular complexity index is 828. The maximum atomic E-state index is 12.7. The third-order valence-corrected chi connectivity index (χ3v) is 5.74. The van der Waals surface area contributed by atoms with Gasteiger partial charge < -0.3 is 10.2 Å². The van der Waals surface area contributed by atoms with E-state index in [-0.39, 0.29) is 10.9 Å². The van der Waals surface area contributed by atoms with Gasteiger partial charge in [-0.3, -0.25) is 0 Å². The van der Waals surface area contributed by atoms with Crippen molar-refractivity contribution in [1.29, 1.82) is 0 Å². The molecule has 0 saturated carbocycles. The van der Waals surface area contributed by atoms with Gasteiger partial charge in [0.15, 0.2) is 0 Å². The molecule has 0 amide bonds. The Balaban J connectivity index is 2.06. The lowest BCUT2D eigenvalue weighted by atomic mass is 10.2. The van der Waals surface area contributed by atoms with E-state index in [1.807, 2.05) is 0 Å². The Morgan fingerprint density at radius 1 is 1.29 bits per heavy atom. The molecule has 0 radical (unpaired) electrons. The highest BCUT2D eigenvalue weighted by Crippen LogP contribution is 2.27. The lowest BCUT2D eigenvalue weighted by Gasteiger charge is -2.22. The van der Waals surface area contributed by atoms with Crippen molar-refractivity contribution in [1.82, 2.24) is 4.31 Å². The molecule has 1 fully saturated rings. The van der Waals surface area contributed by atoms with Crippen molar-refractivity contribution < 1.29 is 12.8 Å². The van der Waals surface area contributed by atoms with E-state index in [1.54, 1.807) is 6.07 Å². The van der Waals surface area contributed by atoms with E-state index in [9.17, 15) is 13.2 Å². The summed E-state index contributed by atoms with van der Waals surface area (Å²) in [5.74, 6) is 0. The number of rotatable bonds is 3. The molecule has 1 aliphatic heterocycles. The van der Waals surface area contributed by atoms with Crippen molar-refractivity contribution in [2.45, 2.75) is 23.8 Å². The van der Waals surface area contributed by atoms with E-state index in [2.05, 4.69) is 0 Å². The number of nitrogens with zero attached hydrogens (tertiary/aromatic N) is 1. The van der Waals surface area contributed by atoms with Crippen molar-refractivity contribution >= 4 is 21.0 Å². The summed E-state index contributed by atoms with van der Waals surface area (Å²) in [6, 6.07) is 7.20. The first-order valence-corrected chi connectivity index (χ1v) is 8.22. The first-order chi connectivity index (χ1) is 10.0. The fraction of sp³-hybridized carbons (Fsp3) is 0.357. The molecule has 2 heterocycles. The van der Waals surface area contributed by atoms with Gasteiger partial charge in [-0.25, -0.2) is 13.2 Å². The molecular formula is C14H16N2O4S. The third-order valence-electron chi connectivity index (χ3n) is 3.79. The quantitative estimate of drug-likeness (QED) is 0.850. The van der Waals surface area contributed by atoms with Crippen LogP contribution in [0.4, 0.5) is 0 Å². The summed E-state index contributed by atoms with van der Waals surface area (Å²) in [6.07, 6.45) is 1.61. The Morgan fingerprint density at radius 3 is 2.86 bits per heavy atom. The van der Waals surface area contributed by atoms with Crippen LogP contribution in [0, 0.1) is 0 Å². The van der Waals surface area contributed by atoms with Crippen LogP contribution in [0.15, 0.2) is 44.4 Å². The molecule has 2 N–H and O–H groups in total. The summed E-state index contributed by atoms with van der Waals surface area (Å²) >= 11 is 0. The molecule has 0 bridgehead atoms. The largest absolute Gasteiger partial charge is 0.423 e. The number of fused-ring (bicyclic) bond motifs is 1. The molecule has 112 valence electrons. The number of hydrogen-bond acceptors (Lipinski definition) is 5. The SMILES string of the molecule is NCC1CCCN1S(=O)(=O)c1ccc2oc(=O)ccc2c1. The van der Waals surface area contributed by atoms with Gasteiger partial charge in [0.05, 0.1) is 4.90 Å². The Kier molecular flexibility index (Phi) is 3.56. The van der Waals surface area contributed by atoms with Gasteiger partial charge in [0, 0.05) is 30.6 Å². The van der Waals surface area contributed by atoms with Crippen molar-refractivity contribution in [2.24, 2.45) is 5.73 Å². The second-order valence-electron chi connectivity index (χ2n) is 5.10. The average Bonchev–Trinajstić information content (AvgIpc) is 2.95. The molecule has 1 unspecified atom stereocenters. The maximum absolute atomic E-state index is 12.7. The molecule has 1 aliphatic rings. The zero-order chi connectivity index (χ0) is 15.0. The van der Waals surface area contributed by atoms with E-state index < -0.39 is 15.6 Å². The Labute approximate surface area is 122 Å². The third kappa shape index (κ3) is 2.48. The molecule has 7 heteroatoms. The highest BCUT2D eigenvalue weighted by Gasteiger charge is 2.34. The first-order valence-electron chi connectivity index (χ1n) is 6.78. The second kappa shape index (κ2) is 5.25. The highest BCUT2D eigenvalue weighted by atomic mass is 32.2. The smallest absolute Gasteiger partial charge is 0.336 e. The lowest BCUT2D eigenvalue weighted by molar-refractivity contribution is 0.393.